The average molecular weight is 388 g/mol. The van der Waals surface area contributed by atoms with Crippen LogP contribution in [0.4, 0.5) is 0 Å². The second-order valence-corrected chi connectivity index (χ2v) is 7.43. The Bertz CT molecular complexity index is 608. The molecule has 0 aliphatic carbocycles. The molecular weight excluding hydrogens is 354 g/mol. The Labute approximate surface area is 169 Å². The van der Waals surface area contributed by atoms with Crippen molar-refractivity contribution in [3.05, 3.63) is 29.8 Å². The fourth-order valence-electron chi connectivity index (χ4n) is 3.46. The highest BCUT2D eigenvalue weighted by molar-refractivity contribution is 5.76. The first-order valence-electron chi connectivity index (χ1n) is 10.6. The van der Waals surface area contributed by atoms with Gasteiger partial charge in [-0.1, -0.05) is 64.0 Å². The summed E-state index contributed by atoms with van der Waals surface area (Å²) >= 11 is 0. The molecule has 0 spiro atoms. The largest absolute Gasteiger partial charge is 0.426 e. The Morgan fingerprint density at radius 2 is 1.86 bits per heavy atom. The van der Waals surface area contributed by atoms with Gasteiger partial charge >= 0.3 is 5.97 Å². The molecule has 1 aliphatic heterocycles. The number of carbonyl (C=O) groups excluding carboxylic acids is 1. The van der Waals surface area contributed by atoms with Crippen molar-refractivity contribution in [2.75, 3.05) is 13.4 Å². The van der Waals surface area contributed by atoms with Gasteiger partial charge in [0.25, 0.3) is 0 Å². The minimum absolute atomic E-state index is 0.133. The molecule has 1 fully saturated rings. The van der Waals surface area contributed by atoms with Crippen LogP contribution in [0, 0.1) is 17.2 Å². The second-order valence-electron chi connectivity index (χ2n) is 7.43. The lowest BCUT2D eigenvalue weighted by atomic mass is 9.96. The minimum Gasteiger partial charge on any atom is -0.426 e. The van der Waals surface area contributed by atoms with Gasteiger partial charge in [0, 0.05) is 6.42 Å². The third kappa shape index (κ3) is 8.00. The molecule has 1 aliphatic rings. The molecule has 0 saturated carbocycles. The predicted octanol–water partition coefficient (Wildman–Crippen LogP) is 5.18. The SMILES string of the molecule is CCCCCCCCC[C@H]1OCOC[C@@H]1C(=O)Oc1ccc(CCC#N)cc1. The fraction of sp³-hybridized carbons (Fsp3) is 0.652. The molecule has 1 aromatic carbocycles. The lowest BCUT2D eigenvalue weighted by Gasteiger charge is -2.30. The van der Waals surface area contributed by atoms with Crippen molar-refractivity contribution >= 4 is 5.97 Å². The van der Waals surface area contributed by atoms with Crippen LogP contribution in [0.5, 0.6) is 5.75 Å². The maximum absolute atomic E-state index is 12.6. The molecule has 0 radical (unpaired) electrons. The lowest BCUT2D eigenvalue weighted by Crippen LogP contribution is -2.41. The topological polar surface area (TPSA) is 68.6 Å². The van der Waals surface area contributed by atoms with Crippen LogP contribution >= 0.6 is 0 Å². The fourth-order valence-corrected chi connectivity index (χ4v) is 3.46. The number of carbonyl (C=O) groups is 1. The summed E-state index contributed by atoms with van der Waals surface area (Å²) in [4.78, 5) is 12.6. The van der Waals surface area contributed by atoms with Gasteiger partial charge in [0.2, 0.25) is 0 Å². The molecule has 0 N–H and O–H groups in total. The summed E-state index contributed by atoms with van der Waals surface area (Å²) in [6.07, 6.45) is 10.6. The first-order chi connectivity index (χ1) is 13.7. The third-order valence-electron chi connectivity index (χ3n) is 5.17. The molecule has 0 amide bonds. The van der Waals surface area contributed by atoms with E-state index in [-0.39, 0.29) is 24.8 Å². The number of nitrogens with zero attached hydrogens (tertiary/aromatic N) is 1. The highest BCUT2D eigenvalue weighted by atomic mass is 16.7. The number of unbranched alkanes of at least 4 members (excludes halogenated alkanes) is 6. The van der Waals surface area contributed by atoms with Crippen molar-refractivity contribution in [3.63, 3.8) is 0 Å². The highest BCUT2D eigenvalue weighted by Crippen LogP contribution is 2.24. The summed E-state index contributed by atoms with van der Waals surface area (Å²) < 4.78 is 16.6. The first-order valence-corrected chi connectivity index (χ1v) is 10.6. The maximum atomic E-state index is 12.6. The van der Waals surface area contributed by atoms with Gasteiger partial charge in [-0.2, -0.15) is 5.26 Å². The van der Waals surface area contributed by atoms with E-state index in [1.54, 1.807) is 12.1 Å². The maximum Gasteiger partial charge on any atom is 0.319 e. The van der Waals surface area contributed by atoms with Gasteiger partial charge in [0.15, 0.2) is 0 Å². The monoisotopic (exact) mass is 387 g/mol. The molecular formula is C23H33NO4. The van der Waals surface area contributed by atoms with Crippen LogP contribution in [0.2, 0.25) is 0 Å². The van der Waals surface area contributed by atoms with Crippen molar-refractivity contribution in [3.8, 4) is 11.8 Å². The molecule has 2 atom stereocenters. The summed E-state index contributed by atoms with van der Waals surface area (Å²) in [5, 5.41) is 8.65. The standard InChI is InChI=1S/C23H33NO4/c1-2-3-4-5-6-7-8-11-22-21(17-26-18-27-22)23(25)28-20-14-12-19(13-15-20)10-9-16-24/h12-15,21-22H,2-11,17-18H2,1H3/t21-,22+/m0/s1. The van der Waals surface area contributed by atoms with E-state index in [0.29, 0.717) is 25.2 Å². The smallest absolute Gasteiger partial charge is 0.319 e. The molecule has 5 nitrogen and oxygen atoms in total. The zero-order chi connectivity index (χ0) is 20.0. The van der Waals surface area contributed by atoms with E-state index in [1.807, 2.05) is 12.1 Å². The van der Waals surface area contributed by atoms with E-state index in [9.17, 15) is 4.79 Å². The average Bonchev–Trinajstić information content (AvgIpc) is 2.73. The van der Waals surface area contributed by atoms with Gasteiger partial charge in [-0.15, -0.1) is 0 Å². The van der Waals surface area contributed by atoms with Crippen molar-refractivity contribution in [1.29, 1.82) is 5.26 Å². The van der Waals surface area contributed by atoms with Crippen LogP contribution in [-0.2, 0) is 20.7 Å². The summed E-state index contributed by atoms with van der Waals surface area (Å²) in [5.74, 6) is -0.157. The summed E-state index contributed by atoms with van der Waals surface area (Å²) in [5.41, 5.74) is 1.06. The molecule has 1 saturated heterocycles. The van der Waals surface area contributed by atoms with Gasteiger partial charge in [-0.05, 0) is 30.5 Å². The molecule has 154 valence electrons. The number of aryl methyl sites for hydroxylation is 1. The molecule has 1 heterocycles. The molecule has 0 bridgehead atoms. The highest BCUT2D eigenvalue weighted by Gasteiger charge is 2.33. The number of ether oxygens (including phenoxy) is 3. The molecule has 5 heteroatoms. The van der Waals surface area contributed by atoms with E-state index in [0.717, 1.165) is 18.4 Å². The Kier molecular flexibility index (Phi) is 10.6. The van der Waals surface area contributed by atoms with Crippen LogP contribution < -0.4 is 4.74 Å². The van der Waals surface area contributed by atoms with Gasteiger partial charge < -0.3 is 14.2 Å². The van der Waals surface area contributed by atoms with Crippen LogP contribution in [0.15, 0.2) is 24.3 Å². The van der Waals surface area contributed by atoms with E-state index < -0.39 is 0 Å². The van der Waals surface area contributed by atoms with Gasteiger partial charge in [-0.25, -0.2) is 0 Å². The quantitative estimate of drug-likeness (QED) is 0.281. The first kappa shape index (κ1) is 22.4. The number of benzene rings is 1. The number of hydrogen-bond donors (Lipinski definition) is 0. The Morgan fingerprint density at radius 3 is 2.57 bits per heavy atom. The van der Waals surface area contributed by atoms with Gasteiger partial charge in [0.1, 0.15) is 18.5 Å². The van der Waals surface area contributed by atoms with Crippen LogP contribution in [0.1, 0.15) is 70.3 Å². The van der Waals surface area contributed by atoms with Crippen molar-refractivity contribution in [1.82, 2.24) is 0 Å². The predicted molar refractivity (Wildman–Crippen MR) is 108 cm³/mol. The molecule has 2 rings (SSSR count). The van der Waals surface area contributed by atoms with Crippen LogP contribution in [0.25, 0.3) is 0 Å². The van der Waals surface area contributed by atoms with E-state index in [2.05, 4.69) is 13.0 Å². The second kappa shape index (κ2) is 13.3. The number of hydrogen-bond acceptors (Lipinski definition) is 5. The van der Waals surface area contributed by atoms with E-state index >= 15 is 0 Å². The normalized spacial score (nSPS) is 19.1. The van der Waals surface area contributed by atoms with E-state index in [4.69, 9.17) is 19.5 Å². The minimum atomic E-state index is -0.382. The van der Waals surface area contributed by atoms with Gasteiger partial charge in [-0.3, -0.25) is 4.79 Å². The van der Waals surface area contributed by atoms with Crippen molar-refractivity contribution in [2.24, 2.45) is 5.92 Å². The molecule has 0 unspecified atom stereocenters. The Hall–Kier alpha value is -1.90. The Balaban J connectivity index is 1.77. The zero-order valence-electron chi connectivity index (χ0n) is 17.0. The lowest BCUT2D eigenvalue weighted by molar-refractivity contribution is -0.187. The van der Waals surface area contributed by atoms with Gasteiger partial charge in [0.05, 0.1) is 18.8 Å². The van der Waals surface area contributed by atoms with Crippen LogP contribution in [-0.4, -0.2) is 25.5 Å². The van der Waals surface area contributed by atoms with Crippen molar-refractivity contribution < 1.29 is 19.0 Å². The number of rotatable bonds is 12. The molecule has 28 heavy (non-hydrogen) atoms. The zero-order valence-corrected chi connectivity index (χ0v) is 17.0. The number of nitriles is 1. The number of esters is 1. The van der Waals surface area contributed by atoms with Crippen LogP contribution in [0.3, 0.4) is 0 Å². The van der Waals surface area contributed by atoms with E-state index in [1.165, 1.54) is 38.5 Å². The molecule has 0 aromatic heterocycles. The summed E-state index contributed by atoms with van der Waals surface area (Å²) in [6.45, 7) is 2.82. The van der Waals surface area contributed by atoms with Crippen molar-refractivity contribution in [2.45, 2.75) is 77.2 Å². The summed E-state index contributed by atoms with van der Waals surface area (Å²) in [6, 6.07) is 9.47. The third-order valence-corrected chi connectivity index (χ3v) is 5.17. The summed E-state index contributed by atoms with van der Waals surface area (Å²) in [7, 11) is 0. The molecule has 1 aromatic rings. The Morgan fingerprint density at radius 1 is 1.14 bits per heavy atom.